The van der Waals surface area contributed by atoms with E-state index in [9.17, 15) is 14.7 Å². The zero-order valence-corrected chi connectivity index (χ0v) is 16.2. The number of aliphatic carboxylic acids is 1. The van der Waals surface area contributed by atoms with Crippen molar-refractivity contribution in [3.8, 4) is 11.4 Å². The van der Waals surface area contributed by atoms with Gasteiger partial charge in [0.2, 0.25) is 11.1 Å². The van der Waals surface area contributed by atoms with Gasteiger partial charge in [0.15, 0.2) is 0 Å². The highest BCUT2D eigenvalue weighted by molar-refractivity contribution is 8.04. The molecule has 4 rings (SSSR count). The summed E-state index contributed by atoms with van der Waals surface area (Å²) in [7, 11) is 1.60. The van der Waals surface area contributed by atoms with Crippen LogP contribution in [0.3, 0.4) is 0 Å². The van der Waals surface area contributed by atoms with Crippen molar-refractivity contribution in [3.63, 3.8) is 0 Å². The smallest absolute Gasteiger partial charge is 0.327 e. The summed E-state index contributed by atoms with van der Waals surface area (Å²) in [5, 5.41) is 22.0. The third-order valence-corrected chi connectivity index (χ3v) is 7.70. The monoisotopic (exact) mass is 407 g/mol. The van der Waals surface area contributed by atoms with E-state index in [0.717, 1.165) is 11.4 Å². The second-order valence-electron chi connectivity index (χ2n) is 6.49. The Morgan fingerprint density at radius 3 is 2.81 bits per heavy atom. The Hall–Kier alpha value is -2.27. The number of amides is 1. The summed E-state index contributed by atoms with van der Waals surface area (Å²) >= 11 is 2.92. The highest BCUT2D eigenvalue weighted by Crippen LogP contribution is 2.52. The van der Waals surface area contributed by atoms with Gasteiger partial charge < -0.3 is 14.7 Å². The third-order valence-electron chi connectivity index (χ3n) is 4.69. The van der Waals surface area contributed by atoms with Gasteiger partial charge in [-0.05, 0) is 41.6 Å². The predicted molar refractivity (Wildman–Crippen MR) is 99.1 cm³/mol. The number of rotatable bonds is 6. The fraction of sp³-hybridized carbons (Fsp3) is 0.438. The van der Waals surface area contributed by atoms with E-state index in [0.29, 0.717) is 17.3 Å². The van der Waals surface area contributed by atoms with Crippen molar-refractivity contribution < 1.29 is 19.4 Å². The first-order valence-electron chi connectivity index (χ1n) is 8.20. The molecule has 2 saturated heterocycles. The van der Waals surface area contributed by atoms with Crippen molar-refractivity contribution in [1.29, 1.82) is 0 Å². The third kappa shape index (κ3) is 3.04. The van der Waals surface area contributed by atoms with Gasteiger partial charge in [-0.3, -0.25) is 4.79 Å². The zero-order valence-electron chi connectivity index (χ0n) is 14.6. The molecule has 0 bridgehead atoms. The Balaban J connectivity index is 1.53. The molecular weight excluding hydrogens is 390 g/mol. The molecule has 2 fully saturated rings. The van der Waals surface area contributed by atoms with Crippen LogP contribution in [-0.4, -0.2) is 71.1 Å². The molecular formula is C16H17N5O4S2. The summed E-state index contributed by atoms with van der Waals surface area (Å²) in [6, 6.07) is 6.48. The van der Waals surface area contributed by atoms with Crippen LogP contribution < -0.4 is 4.74 Å². The summed E-state index contributed by atoms with van der Waals surface area (Å²) < 4.78 is 6.14. The van der Waals surface area contributed by atoms with Crippen LogP contribution in [0.15, 0.2) is 29.4 Å². The number of aromatic nitrogens is 4. The number of hydrogen-bond acceptors (Lipinski definition) is 8. The fourth-order valence-electron chi connectivity index (χ4n) is 3.33. The summed E-state index contributed by atoms with van der Waals surface area (Å²) in [5.74, 6) is 0.118. The van der Waals surface area contributed by atoms with E-state index >= 15 is 0 Å². The number of hydrogen-bond donors (Lipinski definition) is 1. The number of carbonyl (C=O) groups excluding carboxylic acids is 1. The normalized spacial score (nSPS) is 26.6. The van der Waals surface area contributed by atoms with E-state index in [4.69, 9.17) is 4.74 Å². The second-order valence-corrected chi connectivity index (χ2v) is 9.15. The molecule has 0 aliphatic carbocycles. The standard InChI is InChI=1S/C16H17N5O4S2/c1-16(13(14(23)24)20-11(22)7-12(20)27-16)8-26-15-17-18-19-21(15)9-3-5-10(25-2)6-4-9/h3-6,12-13H,7-8H2,1-2H3,(H,23,24). The highest BCUT2D eigenvalue weighted by atomic mass is 32.2. The van der Waals surface area contributed by atoms with Crippen molar-refractivity contribution in [2.24, 2.45) is 0 Å². The van der Waals surface area contributed by atoms with Crippen LogP contribution in [0, 0.1) is 0 Å². The van der Waals surface area contributed by atoms with Crippen molar-refractivity contribution in [2.45, 2.75) is 34.7 Å². The first-order chi connectivity index (χ1) is 12.9. The van der Waals surface area contributed by atoms with Gasteiger partial charge in [0, 0.05) is 5.75 Å². The number of methoxy groups -OCH3 is 1. The van der Waals surface area contributed by atoms with Crippen molar-refractivity contribution >= 4 is 35.4 Å². The number of carboxylic acid groups (broad SMARTS) is 1. The zero-order chi connectivity index (χ0) is 19.2. The number of carbonyl (C=O) groups is 2. The molecule has 1 N–H and O–H groups in total. The molecule has 1 amide bonds. The molecule has 3 unspecified atom stereocenters. The Bertz CT molecular complexity index is 889. The number of β-lactam (4-membered cyclic amide) rings is 1. The lowest BCUT2D eigenvalue weighted by Crippen LogP contribution is -2.57. The molecule has 2 aromatic rings. The minimum Gasteiger partial charge on any atom is -0.497 e. The molecule has 2 aliphatic heterocycles. The van der Waals surface area contributed by atoms with Crippen LogP contribution in [0.4, 0.5) is 0 Å². The molecule has 2 aliphatic rings. The lowest BCUT2D eigenvalue weighted by Gasteiger charge is -2.36. The van der Waals surface area contributed by atoms with Crippen LogP contribution in [0.2, 0.25) is 0 Å². The molecule has 9 nitrogen and oxygen atoms in total. The van der Waals surface area contributed by atoms with Crippen LogP contribution >= 0.6 is 23.5 Å². The number of carboxylic acids is 1. The van der Waals surface area contributed by atoms with Gasteiger partial charge >= 0.3 is 5.97 Å². The molecule has 0 saturated carbocycles. The van der Waals surface area contributed by atoms with E-state index in [-0.39, 0.29) is 11.3 Å². The Morgan fingerprint density at radius 1 is 1.44 bits per heavy atom. The van der Waals surface area contributed by atoms with Crippen LogP contribution in [0.1, 0.15) is 13.3 Å². The second kappa shape index (κ2) is 6.71. The number of benzene rings is 1. The number of fused-ring (bicyclic) bond motifs is 1. The largest absolute Gasteiger partial charge is 0.497 e. The summed E-state index contributed by atoms with van der Waals surface area (Å²) in [4.78, 5) is 25.1. The van der Waals surface area contributed by atoms with Gasteiger partial charge in [0.05, 0.1) is 29.3 Å². The Kier molecular flexibility index (Phi) is 4.50. The van der Waals surface area contributed by atoms with Crippen molar-refractivity contribution in [1.82, 2.24) is 25.1 Å². The minimum atomic E-state index is -0.976. The Morgan fingerprint density at radius 2 is 2.19 bits per heavy atom. The average Bonchev–Trinajstić information content (AvgIpc) is 3.21. The molecule has 11 heteroatoms. The molecule has 3 atom stereocenters. The van der Waals surface area contributed by atoms with E-state index in [1.165, 1.54) is 16.7 Å². The Labute approximate surface area is 163 Å². The lowest BCUT2D eigenvalue weighted by atomic mass is 9.98. The van der Waals surface area contributed by atoms with Gasteiger partial charge in [-0.25, -0.2) is 4.79 Å². The van der Waals surface area contributed by atoms with Gasteiger partial charge in [0.1, 0.15) is 11.8 Å². The van der Waals surface area contributed by atoms with Gasteiger partial charge in [-0.2, -0.15) is 4.68 Å². The number of thioether (sulfide) groups is 2. The maximum Gasteiger partial charge on any atom is 0.327 e. The SMILES string of the molecule is COc1ccc(-n2nnnc2SCC2(C)SC3CC(=O)N3C2C(=O)O)cc1. The average molecular weight is 407 g/mol. The molecule has 3 heterocycles. The molecule has 0 spiro atoms. The molecule has 27 heavy (non-hydrogen) atoms. The number of nitrogens with zero attached hydrogens (tertiary/aromatic N) is 5. The topological polar surface area (TPSA) is 110 Å². The lowest BCUT2D eigenvalue weighted by molar-refractivity contribution is -0.157. The van der Waals surface area contributed by atoms with Crippen LogP contribution in [0.5, 0.6) is 5.75 Å². The summed E-state index contributed by atoms with van der Waals surface area (Å²) in [5.41, 5.74) is 0.779. The minimum absolute atomic E-state index is 0.0539. The van der Waals surface area contributed by atoms with E-state index in [2.05, 4.69) is 15.5 Å². The van der Waals surface area contributed by atoms with Gasteiger partial charge in [0.25, 0.3) is 0 Å². The summed E-state index contributed by atoms with van der Waals surface area (Å²) in [6.45, 7) is 1.89. The van der Waals surface area contributed by atoms with Gasteiger partial charge in [-0.1, -0.05) is 11.8 Å². The van der Waals surface area contributed by atoms with E-state index in [1.54, 1.807) is 23.6 Å². The fourth-order valence-corrected chi connectivity index (χ4v) is 6.26. The molecule has 0 radical (unpaired) electrons. The number of tetrazole rings is 1. The molecule has 1 aromatic carbocycles. The van der Waals surface area contributed by atoms with Gasteiger partial charge in [-0.15, -0.1) is 16.9 Å². The van der Waals surface area contributed by atoms with Crippen molar-refractivity contribution in [3.05, 3.63) is 24.3 Å². The highest BCUT2D eigenvalue weighted by Gasteiger charge is 2.60. The van der Waals surface area contributed by atoms with E-state index in [1.807, 2.05) is 31.2 Å². The first kappa shape index (κ1) is 18.1. The maximum absolute atomic E-state index is 11.8. The van der Waals surface area contributed by atoms with Crippen LogP contribution in [0.25, 0.3) is 5.69 Å². The summed E-state index contributed by atoms with van der Waals surface area (Å²) in [6.07, 6.45) is 0.401. The number of ether oxygens (including phenoxy) is 1. The van der Waals surface area contributed by atoms with Crippen LogP contribution in [-0.2, 0) is 9.59 Å². The maximum atomic E-state index is 11.8. The predicted octanol–water partition coefficient (Wildman–Crippen LogP) is 1.28. The van der Waals surface area contributed by atoms with E-state index < -0.39 is 16.8 Å². The quantitative estimate of drug-likeness (QED) is 0.559. The first-order valence-corrected chi connectivity index (χ1v) is 10.1. The molecule has 142 valence electrons. The van der Waals surface area contributed by atoms with Crippen molar-refractivity contribution in [2.75, 3.05) is 12.9 Å². The molecule has 1 aromatic heterocycles.